The molecular weight excluding hydrogens is 284 g/mol. The summed E-state index contributed by atoms with van der Waals surface area (Å²) in [4.78, 5) is 11.9. The zero-order valence-electron chi connectivity index (χ0n) is 12.2. The van der Waals surface area contributed by atoms with Gasteiger partial charge in [0.1, 0.15) is 17.2 Å². The molecule has 0 aliphatic heterocycles. The number of methoxy groups -OCH3 is 2. The van der Waals surface area contributed by atoms with Crippen LogP contribution in [0.3, 0.4) is 0 Å². The Labute approximate surface area is 128 Å². The molecule has 0 saturated carbocycles. The van der Waals surface area contributed by atoms with Crippen LogP contribution in [-0.4, -0.2) is 31.4 Å². The average molecular weight is 300 g/mol. The molecule has 0 spiro atoms. The van der Waals surface area contributed by atoms with Crippen molar-refractivity contribution in [2.45, 2.75) is 0 Å². The first-order valence-corrected chi connectivity index (χ1v) is 6.48. The second-order valence-electron chi connectivity index (χ2n) is 4.36. The summed E-state index contributed by atoms with van der Waals surface area (Å²) < 4.78 is 10.1. The Kier molecular flexibility index (Phi) is 4.98. The lowest BCUT2D eigenvalue weighted by Crippen LogP contribution is -2.17. The Morgan fingerprint density at radius 1 is 1.14 bits per heavy atom. The molecule has 2 aromatic carbocycles. The number of phenolic OH excluding ortho intramolecular Hbond substituents is 1. The number of nitrogens with zero attached hydrogens (tertiary/aromatic N) is 1. The Morgan fingerprint density at radius 2 is 1.86 bits per heavy atom. The first kappa shape index (κ1) is 15.4. The van der Waals surface area contributed by atoms with Crippen LogP contribution in [0.2, 0.25) is 0 Å². The highest BCUT2D eigenvalue weighted by atomic mass is 16.5. The van der Waals surface area contributed by atoms with Crippen molar-refractivity contribution < 1.29 is 19.4 Å². The standard InChI is InChI=1S/C16H16N2O4/c1-21-13-5-3-4-11(8-13)16(20)18-17-10-12-9-14(22-2)6-7-15(12)19/h3-10,19H,1-2H3,(H,18,20)/b17-10+. The van der Waals surface area contributed by atoms with Gasteiger partial charge in [0.2, 0.25) is 0 Å². The Morgan fingerprint density at radius 3 is 2.59 bits per heavy atom. The lowest BCUT2D eigenvalue weighted by molar-refractivity contribution is 0.0954. The molecule has 0 unspecified atom stereocenters. The molecule has 0 aliphatic carbocycles. The number of phenols is 1. The van der Waals surface area contributed by atoms with Crippen molar-refractivity contribution in [3.05, 3.63) is 53.6 Å². The number of hydrogen-bond acceptors (Lipinski definition) is 5. The molecule has 0 radical (unpaired) electrons. The molecule has 0 aliphatic rings. The Bertz CT molecular complexity index is 698. The molecule has 0 atom stereocenters. The van der Waals surface area contributed by atoms with Gasteiger partial charge >= 0.3 is 0 Å². The van der Waals surface area contributed by atoms with Crippen LogP contribution in [0.25, 0.3) is 0 Å². The second kappa shape index (κ2) is 7.12. The van der Waals surface area contributed by atoms with E-state index in [0.717, 1.165) is 0 Å². The maximum Gasteiger partial charge on any atom is 0.271 e. The van der Waals surface area contributed by atoms with Gasteiger partial charge in [-0.15, -0.1) is 0 Å². The van der Waals surface area contributed by atoms with Crippen LogP contribution in [0.1, 0.15) is 15.9 Å². The molecule has 0 aromatic heterocycles. The number of hydrogen-bond donors (Lipinski definition) is 2. The number of benzene rings is 2. The van der Waals surface area contributed by atoms with E-state index >= 15 is 0 Å². The number of aromatic hydroxyl groups is 1. The van der Waals surface area contributed by atoms with Gasteiger partial charge in [-0.2, -0.15) is 5.10 Å². The number of carbonyl (C=O) groups is 1. The summed E-state index contributed by atoms with van der Waals surface area (Å²) in [5.74, 6) is 0.832. The molecule has 2 aromatic rings. The van der Waals surface area contributed by atoms with Crippen molar-refractivity contribution >= 4 is 12.1 Å². The fraction of sp³-hybridized carbons (Fsp3) is 0.125. The van der Waals surface area contributed by atoms with Crippen LogP contribution in [0, 0.1) is 0 Å². The van der Waals surface area contributed by atoms with Gasteiger partial charge in [-0.1, -0.05) is 6.07 Å². The summed E-state index contributed by atoms with van der Waals surface area (Å²) in [6.45, 7) is 0. The maximum atomic E-state index is 11.9. The van der Waals surface area contributed by atoms with E-state index in [9.17, 15) is 9.90 Å². The molecule has 1 amide bonds. The van der Waals surface area contributed by atoms with E-state index in [-0.39, 0.29) is 11.7 Å². The Balaban J connectivity index is 2.07. The number of carbonyl (C=O) groups excluding carboxylic acids is 1. The van der Waals surface area contributed by atoms with Crippen LogP contribution in [0.15, 0.2) is 47.6 Å². The topological polar surface area (TPSA) is 80.2 Å². The molecule has 22 heavy (non-hydrogen) atoms. The van der Waals surface area contributed by atoms with Crippen molar-refractivity contribution in [2.75, 3.05) is 14.2 Å². The fourth-order valence-electron chi connectivity index (χ4n) is 1.75. The van der Waals surface area contributed by atoms with E-state index in [1.807, 2.05) is 0 Å². The molecule has 6 heteroatoms. The van der Waals surface area contributed by atoms with Crippen LogP contribution in [0.4, 0.5) is 0 Å². The molecule has 0 saturated heterocycles. The van der Waals surface area contributed by atoms with Crippen LogP contribution >= 0.6 is 0 Å². The third kappa shape index (κ3) is 3.76. The summed E-state index contributed by atoms with van der Waals surface area (Å²) in [7, 11) is 3.05. The minimum atomic E-state index is -0.377. The van der Waals surface area contributed by atoms with Crippen LogP contribution in [0.5, 0.6) is 17.2 Å². The van der Waals surface area contributed by atoms with Crippen molar-refractivity contribution in [3.63, 3.8) is 0 Å². The van der Waals surface area contributed by atoms with E-state index in [0.29, 0.717) is 22.6 Å². The number of hydrazone groups is 1. The number of ether oxygens (including phenoxy) is 2. The summed E-state index contributed by atoms with van der Waals surface area (Å²) in [6.07, 6.45) is 1.34. The minimum absolute atomic E-state index is 0.0418. The van der Waals surface area contributed by atoms with Crippen molar-refractivity contribution in [1.82, 2.24) is 5.43 Å². The predicted molar refractivity (Wildman–Crippen MR) is 82.7 cm³/mol. The van der Waals surface area contributed by atoms with Gasteiger partial charge in [-0.05, 0) is 36.4 Å². The molecule has 2 N–H and O–H groups in total. The lowest BCUT2D eigenvalue weighted by Gasteiger charge is -2.04. The largest absolute Gasteiger partial charge is 0.507 e. The highest BCUT2D eigenvalue weighted by molar-refractivity contribution is 5.95. The second-order valence-corrected chi connectivity index (χ2v) is 4.36. The monoisotopic (exact) mass is 300 g/mol. The van der Waals surface area contributed by atoms with Crippen molar-refractivity contribution in [2.24, 2.45) is 5.10 Å². The zero-order chi connectivity index (χ0) is 15.9. The first-order chi connectivity index (χ1) is 10.6. The molecule has 114 valence electrons. The van der Waals surface area contributed by atoms with Crippen LogP contribution < -0.4 is 14.9 Å². The quantitative estimate of drug-likeness (QED) is 0.655. The normalized spacial score (nSPS) is 10.5. The average Bonchev–Trinajstić information content (AvgIpc) is 2.56. The van der Waals surface area contributed by atoms with Gasteiger partial charge in [0.25, 0.3) is 5.91 Å². The van der Waals surface area contributed by atoms with Gasteiger partial charge in [-0.25, -0.2) is 5.43 Å². The number of rotatable bonds is 5. The first-order valence-electron chi connectivity index (χ1n) is 6.48. The van der Waals surface area contributed by atoms with E-state index in [1.165, 1.54) is 26.5 Å². The molecular formula is C16H16N2O4. The summed E-state index contributed by atoms with van der Waals surface area (Å²) in [5, 5.41) is 13.5. The van der Waals surface area contributed by atoms with E-state index in [4.69, 9.17) is 9.47 Å². The SMILES string of the molecule is COc1cccc(C(=O)N/N=C/c2cc(OC)ccc2O)c1. The van der Waals surface area contributed by atoms with Crippen LogP contribution in [-0.2, 0) is 0 Å². The molecule has 0 bridgehead atoms. The van der Waals surface area contributed by atoms with Gasteiger partial charge in [0.15, 0.2) is 0 Å². The zero-order valence-corrected chi connectivity index (χ0v) is 12.2. The van der Waals surface area contributed by atoms with Crippen molar-refractivity contribution in [1.29, 1.82) is 0 Å². The maximum absolute atomic E-state index is 11.9. The van der Waals surface area contributed by atoms with E-state index in [1.54, 1.807) is 36.4 Å². The summed E-state index contributed by atoms with van der Waals surface area (Å²) in [6, 6.07) is 11.4. The van der Waals surface area contributed by atoms with Gasteiger partial charge in [0.05, 0.1) is 20.4 Å². The van der Waals surface area contributed by atoms with Crippen molar-refractivity contribution in [3.8, 4) is 17.2 Å². The van der Waals surface area contributed by atoms with Gasteiger partial charge in [0, 0.05) is 11.1 Å². The molecule has 0 fully saturated rings. The Hall–Kier alpha value is -3.02. The summed E-state index contributed by atoms with van der Waals surface area (Å²) >= 11 is 0. The third-order valence-electron chi connectivity index (χ3n) is 2.94. The lowest BCUT2D eigenvalue weighted by atomic mass is 10.2. The van der Waals surface area contributed by atoms with Gasteiger partial charge in [-0.3, -0.25) is 4.79 Å². The highest BCUT2D eigenvalue weighted by Crippen LogP contribution is 2.21. The molecule has 6 nitrogen and oxygen atoms in total. The smallest absolute Gasteiger partial charge is 0.271 e. The number of amides is 1. The van der Waals surface area contributed by atoms with E-state index in [2.05, 4.69) is 10.5 Å². The molecule has 0 heterocycles. The minimum Gasteiger partial charge on any atom is -0.507 e. The highest BCUT2D eigenvalue weighted by Gasteiger charge is 2.05. The van der Waals surface area contributed by atoms with Gasteiger partial charge < -0.3 is 14.6 Å². The third-order valence-corrected chi connectivity index (χ3v) is 2.94. The fourth-order valence-corrected chi connectivity index (χ4v) is 1.75. The molecule has 2 rings (SSSR count). The number of nitrogens with one attached hydrogen (secondary N) is 1. The van der Waals surface area contributed by atoms with E-state index < -0.39 is 0 Å². The summed E-state index contributed by atoms with van der Waals surface area (Å²) in [5.41, 5.74) is 3.24. The predicted octanol–water partition coefficient (Wildman–Crippen LogP) is 2.17.